The van der Waals surface area contributed by atoms with Gasteiger partial charge in [0.15, 0.2) is 5.82 Å². The molecule has 2 atom stereocenters. The van der Waals surface area contributed by atoms with Crippen molar-refractivity contribution < 1.29 is 29.4 Å². The molecular weight excluding hydrogens is 813 g/mol. The SMILES string of the molecule is Cc1nc(-c2ccc(C)c3c(C(=O)C(=O)N4CCN(C(O)c5ccccc5)CC4)c[nH]c23)n[nH]1.[C-]#[N+]c1ccc(C)c2c(C(=O)C(=O)N3CCN(C(O)c4ccccc4)CC3)c[nH]c12. The lowest BCUT2D eigenvalue weighted by molar-refractivity contribution is -0.130. The average Bonchev–Trinajstić information content (AvgIpc) is 4.11. The highest BCUT2D eigenvalue weighted by atomic mass is 16.3. The van der Waals surface area contributed by atoms with Crippen LogP contribution in [0.2, 0.25) is 0 Å². The molecule has 2 amide bonds. The van der Waals surface area contributed by atoms with E-state index in [4.69, 9.17) is 6.57 Å². The lowest BCUT2D eigenvalue weighted by Gasteiger charge is -2.37. The molecule has 0 spiro atoms. The molecule has 16 nitrogen and oxygen atoms in total. The number of amides is 2. The third-order valence-corrected chi connectivity index (χ3v) is 12.0. The summed E-state index contributed by atoms with van der Waals surface area (Å²) in [5.41, 5.74) is 6.48. The monoisotopic (exact) mass is 860 g/mol. The van der Waals surface area contributed by atoms with E-state index in [1.807, 2.05) is 103 Å². The highest BCUT2D eigenvalue weighted by molar-refractivity contribution is 6.45. The summed E-state index contributed by atoms with van der Waals surface area (Å²) in [6, 6.07) is 26.1. The Morgan fingerprint density at radius 2 is 1.08 bits per heavy atom. The van der Waals surface area contributed by atoms with Crippen molar-refractivity contribution in [2.75, 3.05) is 52.4 Å². The first-order valence-electron chi connectivity index (χ1n) is 21.0. The molecular formula is C48H48N10O6. The molecule has 7 aromatic rings. The summed E-state index contributed by atoms with van der Waals surface area (Å²) >= 11 is 0. The van der Waals surface area contributed by atoms with Crippen LogP contribution in [0.5, 0.6) is 0 Å². The second kappa shape index (κ2) is 18.6. The predicted octanol–water partition coefficient (Wildman–Crippen LogP) is 5.63. The number of Topliss-reactive ketones (excluding diaryl/α,β-unsaturated/α-hetero) is 2. The fourth-order valence-corrected chi connectivity index (χ4v) is 8.46. The van der Waals surface area contributed by atoms with E-state index < -0.39 is 35.8 Å². The number of hydrogen-bond acceptors (Lipinski definition) is 10. The summed E-state index contributed by atoms with van der Waals surface area (Å²) in [5.74, 6) is -0.995. The lowest BCUT2D eigenvalue weighted by Crippen LogP contribution is -2.51. The summed E-state index contributed by atoms with van der Waals surface area (Å²) in [6.07, 6.45) is 1.64. The van der Waals surface area contributed by atoms with Crippen molar-refractivity contribution >= 4 is 50.9 Å². The van der Waals surface area contributed by atoms with Gasteiger partial charge in [0, 0.05) is 81.1 Å². The molecule has 2 aliphatic heterocycles. The number of benzene rings is 4. The molecule has 0 saturated carbocycles. The van der Waals surface area contributed by atoms with Gasteiger partial charge in [0.05, 0.1) is 28.7 Å². The number of aliphatic hydroxyl groups is 2. The number of piperazine rings is 2. The third-order valence-electron chi connectivity index (χ3n) is 12.0. The number of nitrogens with one attached hydrogen (secondary N) is 3. The van der Waals surface area contributed by atoms with Crippen LogP contribution >= 0.6 is 0 Å². The van der Waals surface area contributed by atoms with E-state index in [1.54, 1.807) is 23.2 Å². The molecule has 9 rings (SSSR count). The third kappa shape index (κ3) is 8.57. The van der Waals surface area contributed by atoms with Gasteiger partial charge >= 0.3 is 0 Å². The number of rotatable bonds is 9. The van der Waals surface area contributed by atoms with Crippen molar-refractivity contribution in [2.45, 2.75) is 33.2 Å². The van der Waals surface area contributed by atoms with Crippen LogP contribution in [0.25, 0.3) is 38.0 Å². The van der Waals surface area contributed by atoms with Crippen LogP contribution in [-0.2, 0) is 9.59 Å². The van der Waals surface area contributed by atoms with Gasteiger partial charge in [-0.25, -0.2) is 9.83 Å². The van der Waals surface area contributed by atoms with Crippen molar-refractivity contribution in [2.24, 2.45) is 0 Å². The number of aromatic amines is 3. The number of carbonyl (C=O) groups is 4. The second-order valence-corrected chi connectivity index (χ2v) is 16.0. The van der Waals surface area contributed by atoms with Crippen LogP contribution in [0.4, 0.5) is 5.69 Å². The fraction of sp³-hybridized carbons (Fsp3) is 0.271. The van der Waals surface area contributed by atoms with Gasteiger partial charge in [0.25, 0.3) is 23.4 Å². The smallest absolute Gasteiger partial charge is 0.295 e. The Morgan fingerprint density at radius 1 is 0.625 bits per heavy atom. The van der Waals surface area contributed by atoms with Crippen LogP contribution in [-0.4, -0.2) is 131 Å². The first kappa shape index (κ1) is 43.4. The molecule has 2 fully saturated rings. The molecule has 16 heteroatoms. The van der Waals surface area contributed by atoms with Crippen molar-refractivity contribution in [3.05, 3.63) is 148 Å². The first-order chi connectivity index (χ1) is 30.9. The van der Waals surface area contributed by atoms with Gasteiger partial charge in [-0.2, -0.15) is 5.10 Å². The quantitative estimate of drug-likeness (QED) is 0.0689. The van der Waals surface area contributed by atoms with E-state index in [1.165, 1.54) is 11.1 Å². The van der Waals surface area contributed by atoms with Gasteiger partial charge in [-0.05, 0) is 49.1 Å². The highest BCUT2D eigenvalue weighted by Crippen LogP contribution is 2.33. The number of fused-ring (bicyclic) bond motifs is 2. The Hall–Kier alpha value is -7.29. The number of ketones is 2. The Kier molecular flexibility index (Phi) is 12.6. The minimum Gasteiger partial charge on any atom is -0.374 e. The van der Waals surface area contributed by atoms with Crippen molar-refractivity contribution in [1.29, 1.82) is 0 Å². The van der Waals surface area contributed by atoms with Gasteiger partial charge in [-0.1, -0.05) is 78.9 Å². The second-order valence-electron chi connectivity index (χ2n) is 16.0. The van der Waals surface area contributed by atoms with Crippen LogP contribution in [0.3, 0.4) is 0 Å². The molecule has 2 unspecified atom stereocenters. The van der Waals surface area contributed by atoms with Gasteiger partial charge in [-0.3, -0.25) is 34.1 Å². The lowest BCUT2D eigenvalue weighted by atomic mass is 10.0. The molecule has 0 aliphatic carbocycles. The van der Waals surface area contributed by atoms with E-state index in [0.717, 1.165) is 33.3 Å². The molecule has 64 heavy (non-hydrogen) atoms. The summed E-state index contributed by atoms with van der Waals surface area (Å²) in [7, 11) is 0. The molecule has 4 aromatic carbocycles. The van der Waals surface area contributed by atoms with Crippen molar-refractivity contribution in [3.63, 3.8) is 0 Å². The van der Waals surface area contributed by atoms with Crippen LogP contribution in [0, 0.1) is 27.3 Å². The maximum atomic E-state index is 13.2. The van der Waals surface area contributed by atoms with E-state index in [9.17, 15) is 29.4 Å². The number of aliphatic hydroxyl groups excluding tert-OH is 2. The zero-order chi connectivity index (χ0) is 45.1. The van der Waals surface area contributed by atoms with Gasteiger partial charge in [0.2, 0.25) is 5.69 Å². The molecule has 326 valence electrons. The largest absolute Gasteiger partial charge is 0.374 e. The van der Waals surface area contributed by atoms with Crippen LogP contribution in [0.1, 0.15) is 61.2 Å². The van der Waals surface area contributed by atoms with Crippen molar-refractivity contribution in [3.8, 4) is 11.4 Å². The molecule has 3 aromatic heterocycles. The molecule has 0 radical (unpaired) electrons. The number of H-pyrrole nitrogens is 3. The zero-order valence-corrected chi connectivity index (χ0v) is 35.7. The molecule has 5 N–H and O–H groups in total. The number of aryl methyl sites for hydroxylation is 3. The van der Waals surface area contributed by atoms with Gasteiger partial charge in [0.1, 0.15) is 18.3 Å². The first-order valence-corrected chi connectivity index (χ1v) is 21.0. The normalized spacial score (nSPS) is 15.6. The number of nitrogens with zero attached hydrogens (tertiary/aromatic N) is 7. The summed E-state index contributed by atoms with van der Waals surface area (Å²) in [6.45, 7) is 16.3. The standard InChI is InChI=1S/C25H26N6O3.C23H22N4O3/c1-15-8-9-18(23-27-16(2)28-29-23)21-20(15)19(14-26-21)22(32)25(34)31-12-10-30(11-13-31)24(33)17-6-4-3-5-7-17;1-15-8-9-18(24-2)20-19(15)17(14-25-20)21(28)23(30)27-12-10-26(11-13-27)22(29)16-6-4-3-5-7-16/h3-9,14,24,26,33H,10-13H2,1-2H3,(H,27,28,29);3-9,14,22,25,29H,10-13H2,1H3. The van der Waals surface area contributed by atoms with E-state index in [0.29, 0.717) is 97.1 Å². The molecule has 0 bridgehead atoms. The predicted molar refractivity (Wildman–Crippen MR) is 240 cm³/mol. The van der Waals surface area contributed by atoms with E-state index >= 15 is 0 Å². The topological polar surface area (TPSA) is 199 Å². The summed E-state index contributed by atoms with van der Waals surface area (Å²) in [5, 5.41) is 29.6. The number of hydrogen-bond donors (Lipinski definition) is 5. The Labute approximate surface area is 368 Å². The highest BCUT2D eigenvalue weighted by Gasteiger charge is 2.33. The number of carbonyl (C=O) groups excluding carboxylic acids is 4. The molecule has 2 saturated heterocycles. The van der Waals surface area contributed by atoms with Gasteiger partial charge < -0.3 is 30.0 Å². The zero-order valence-electron chi connectivity index (χ0n) is 35.7. The minimum atomic E-state index is -0.734. The molecule has 2 aliphatic rings. The summed E-state index contributed by atoms with van der Waals surface area (Å²) in [4.78, 5) is 73.1. The summed E-state index contributed by atoms with van der Waals surface area (Å²) < 4.78 is 0. The molecule has 5 heterocycles. The van der Waals surface area contributed by atoms with E-state index in [2.05, 4.69) is 30.0 Å². The van der Waals surface area contributed by atoms with Crippen LogP contribution < -0.4 is 0 Å². The van der Waals surface area contributed by atoms with Crippen LogP contribution in [0.15, 0.2) is 97.3 Å². The average molecular weight is 861 g/mol. The van der Waals surface area contributed by atoms with Crippen molar-refractivity contribution in [1.82, 2.24) is 44.7 Å². The minimum absolute atomic E-state index is 0.296. The van der Waals surface area contributed by atoms with E-state index in [-0.39, 0.29) is 0 Å². The maximum Gasteiger partial charge on any atom is 0.295 e. The number of aromatic nitrogens is 5. The Balaban J connectivity index is 0.000000176. The fourth-order valence-electron chi connectivity index (χ4n) is 8.46. The van der Waals surface area contributed by atoms with Gasteiger partial charge in [-0.15, -0.1) is 0 Å². The Morgan fingerprint density at radius 3 is 1.53 bits per heavy atom. The Bertz CT molecular complexity index is 2880. The maximum absolute atomic E-state index is 13.2.